The molecule has 0 aliphatic rings. The van der Waals surface area contributed by atoms with Gasteiger partial charge in [-0.25, -0.2) is 0 Å². The molecule has 1 aromatic heterocycles. The van der Waals surface area contributed by atoms with Crippen molar-refractivity contribution in [3.63, 3.8) is 0 Å². The largest absolute Gasteiger partial charge is 0.451 e. The molecule has 2 aromatic carbocycles. The Balaban J connectivity index is 1.82. The van der Waals surface area contributed by atoms with Gasteiger partial charge in [-0.1, -0.05) is 35.9 Å². The Morgan fingerprint density at radius 1 is 1.09 bits per heavy atom. The summed E-state index contributed by atoms with van der Waals surface area (Å²) in [4.78, 5) is 24.3. The zero-order chi connectivity index (χ0) is 16.4. The van der Waals surface area contributed by atoms with Gasteiger partial charge in [-0.3, -0.25) is 9.59 Å². The monoisotopic (exact) mass is 307 g/mol. The van der Waals surface area contributed by atoms with Gasteiger partial charge in [0.15, 0.2) is 11.2 Å². The van der Waals surface area contributed by atoms with Crippen LogP contribution in [0.3, 0.4) is 0 Å². The summed E-state index contributed by atoms with van der Waals surface area (Å²) in [5.41, 5.74) is 3.52. The van der Waals surface area contributed by atoms with Crippen LogP contribution >= 0.6 is 0 Å². The summed E-state index contributed by atoms with van der Waals surface area (Å²) in [6.45, 7) is 4.42. The van der Waals surface area contributed by atoms with E-state index in [1.54, 1.807) is 24.3 Å². The number of benzene rings is 2. The molecule has 0 saturated heterocycles. The molecule has 4 nitrogen and oxygen atoms in total. The van der Waals surface area contributed by atoms with Crippen LogP contribution in [-0.4, -0.2) is 5.91 Å². The number of hydrogen-bond donors (Lipinski definition) is 1. The van der Waals surface area contributed by atoms with E-state index in [1.807, 2.05) is 26.0 Å². The fourth-order valence-corrected chi connectivity index (χ4v) is 2.52. The Labute approximate surface area is 133 Å². The Kier molecular flexibility index (Phi) is 3.98. The van der Waals surface area contributed by atoms with Gasteiger partial charge in [-0.05, 0) is 37.1 Å². The number of para-hydroxylation sites is 1. The van der Waals surface area contributed by atoms with Crippen molar-refractivity contribution in [1.29, 1.82) is 0 Å². The number of amides is 1. The van der Waals surface area contributed by atoms with Crippen molar-refractivity contribution in [2.24, 2.45) is 0 Å². The molecule has 0 spiro atoms. The van der Waals surface area contributed by atoms with Crippen LogP contribution in [0.2, 0.25) is 0 Å². The molecule has 1 heterocycles. The summed E-state index contributed by atoms with van der Waals surface area (Å²) < 4.78 is 5.53. The number of carbonyl (C=O) groups is 1. The van der Waals surface area contributed by atoms with E-state index in [-0.39, 0.29) is 11.2 Å². The molecule has 0 atom stereocenters. The van der Waals surface area contributed by atoms with Gasteiger partial charge in [0.1, 0.15) is 5.58 Å². The van der Waals surface area contributed by atoms with Crippen molar-refractivity contribution in [3.8, 4) is 0 Å². The van der Waals surface area contributed by atoms with Gasteiger partial charge in [0, 0.05) is 12.6 Å². The lowest BCUT2D eigenvalue weighted by molar-refractivity contribution is 0.0923. The van der Waals surface area contributed by atoms with Gasteiger partial charge in [-0.2, -0.15) is 0 Å². The quantitative estimate of drug-likeness (QED) is 0.807. The first kappa shape index (κ1) is 15.0. The number of hydrogen-bond acceptors (Lipinski definition) is 3. The molecule has 0 fully saturated rings. The summed E-state index contributed by atoms with van der Waals surface area (Å²) in [5.74, 6) is -0.369. The van der Waals surface area contributed by atoms with Gasteiger partial charge >= 0.3 is 0 Å². The summed E-state index contributed by atoms with van der Waals surface area (Å²) in [6.07, 6.45) is 0. The molecule has 0 radical (unpaired) electrons. The molecule has 0 aliphatic carbocycles. The molecular formula is C19H17NO3. The molecule has 0 unspecified atom stereocenters. The van der Waals surface area contributed by atoms with Crippen molar-refractivity contribution < 1.29 is 9.21 Å². The van der Waals surface area contributed by atoms with Crippen LogP contribution in [-0.2, 0) is 6.54 Å². The second kappa shape index (κ2) is 6.08. The molecule has 23 heavy (non-hydrogen) atoms. The van der Waals surface area contributed by atoms with Gasteiger partial charge < -0.3 is 9.73 Å². The number of nitrogens with one attached hydrogen (secondary N) is 1. The molecule has 0 aliphatic heterocycles. The summed E-state index contributed by atoms with van der Waals surface area (Å²) in [7, 11) is 0. The van der Waals surface area contributed by atoms with E-state index in [9.17, 15) is 9.59 Å². The minimum Gasteiger partial charge on any atom is -0.451 e. The molecule has 116 valence electrons. The maximum absolute atomic E-state index is 12.2. The first-order chi connectivity index (χ1) is 11.0. The van der Waals surface area contributed by atoms with E-state index in [0.717, 1.165) is 11.1 Å². The molecule has 1 amide bonds. The normalized spacial score (nSPS) is 10.7. The molecule has 0 bridgehead atoms. The zero-order valence-corrected chi connectivity index (χ0v) is 13.1. The third-order valence-electron chi connectivity index (χ3n) is 3.80. The lowest BCUT2D eigenvalue weighted by Gasteiger charge is -2.08. The topological polar surface area (TPSA) is 59.3 Å². The van der Waals surface area contributed by atoms with Crippen LogP contribution < -0.4 is 10.7 Å². The number of rotatable bonds is 3. The maximum atomic E-state index is 12.2. The Morgan fingerprint density at radius 2 is 1.87 bits per heavy atom. The van der Waals surface area contributed by atoms with Crippen LogP contribution in [0, 0.1) is 13.8 Å². The number of carbonyl (C=O) groups excluding carboxylic acids is 1. The fourth-order valence-electron chi connectivity index (χ4n) is 2.52. The van der Waals surface area contributed by atoms with E-state index in [0.29, 0.717) is 17.5 Å². The molecule has 3 aromatic rings. The van der Waals surface area contributed by atoms with Crippen molar-refractivity contribution in [1.82, 2.24) is 5.32 Å². The minimum atomic E-state index is -0.396. The van der Waals surface area contributed by atoms with Gasteiger partial charge in [0.25, 0.3) is 5.91 Å². The number of fused-ring (bicyclic) bond motifs is 1. The first-order valence-electron chi connectivity index (χ1n) is 7.42. The van der Waals surface area contributed by atoms with E-state index >= 15 is 0 Å². The highest BCUT2D eigenvalue weighted by Gasteiger charge is 2.12. The molecule has 1 N–H and O–H groups in total. The van der Waals surface area contributed by atoms with Crippen LogP contribution in [0.25, 0.3) is 11.0 Å². The smallest absolute Gasteiger partial charge is 0.287 e. The van der Waals surface area contributed by atoms with Gasteiger partial charge in [0.05, 0.1) is 5.39 Å². The Bertz CT molecular complexity index is 941. The second-order valence-electron chi connectivity index (χ2n) is 5.58. The maximum Gasteiger partial charge on any atom is 0.287 e. The molecule has 3 rings (SSSR count). The van der Waals surface area contributed by atoms with Crippen molar-refractivity contribution in [3.05, 3.63) is 81.2 Å². The predicted octanol–water partition coefficient (Wildman–Crippen LogP) is 3.34. The Hall–Kier alpha value is -2.88. The van der Waals surface area contributed by atoms with Gasteiger partial charge in [-0.15, -0.1) is 0 Å². The van der Waals surface area contributed by atoms with Crippen molar-refractivity contribution >= 4 is 16.9 Å². The highest BCUT2D eigenvalue weighted by atomic mass is 16.3. The van der Waals surface area contributed by atoms with Crippen LogP contribution in [0.4, 0.5) is 0 Å². The molecule has 4 heteroatoms. The van der Waals surface area contributed by atoms with Crippen LogP contribution in [0.1, 0.15) is 27.2 Å². The van der Waals surface area contributed by atoms with E-state index in [4.69, 9.17) is 4.42 Å². The highest BCUT2D eigenvalue weighted by molar-refractivity contribution is 5.93. The lowest BCUT2D eigenvalue weighted by atomic mass is 10.1. The fraction of sp³-hybridized carbons (Fsp3) is 0.158. The first-order valence-corrected chi connectivity index (χ1v) is 7.42. The highest BCUT2D eigenvalue weighted by Crippen LogP contribution is 2.13. The van der Waals surface area contributed by atoms with Gasteiger partial charge in [0.2, 0.25) is 0 Å². The van der Waals surface area contributed by atoms with Crippen molar-refractivity contribution in [2.75, 3.05) is 0 Å². The van der Waals surface area contributed by atoms with Crippen molar-refractivity contribution in [2.45, 2.75) is 20.4 Å². The average Bonchev–Trinajstić information content (AvgIpc) is 2.53. The number of aryl methyl sites for hydroxylation is 2. The Morgan fingerprint density at radius 3 is 2.65 bits per heavy atom. The van der Waals surface area contributed by atoms with Crippen LogP contribution in [0.15, 0.2) is 57.7 Å². The second-order valence-corrected chi connectivity index (χ2v) is 5.58. The average molecular weight is 307 g/mol. The van der Waals surface area contributed by atoms with E-state index < -0.39 is 5.91 Å². The van der Waals surface area contributed by atoms with Crippen LogP contribution in [0.5, 0.6) is 0 Å². The van der Waals surface area contributed by atoms with E-state index in [2.05, 4.69) is 11.4 Å². The lowest BCUT2D eigenvalue weighted by Crippen LogP contribution is -2.24. The predicted molar refractivity (Wildman–Crippen MR) is 89.6 cm³/mol. The minimum absolute atomic E-state index is 0.0264. The summed E-state index contributed by atoms with van der Waals surface area (Å²) in [6, 6.07) is 14.2. The standard InChI is InChI=1S/C19H17NO3/c1-12-7-8-14(13(2)9-12)11-20-19(22)18-10-16(21)15-5-3-4-6-17(15)23-18/h3-10H,11H2,1-2H3,(H,20,22). The third-order valence-corrected chi connectivity index (χ3v) is 3.80. The summed E-state index contributed by atoms with van der Waals surface area (Å²) >= 11 is 0. The summed E-state index contributed by atoms with van der Waals surface area (Å²) in [5, 5.41) is 3.27. The zero-order valence-electron chi connectivity index (χ0n) is 13.1. The van der Waals surface area contributed by atoms with E-state index in [1.165, 1.54) is 11.6 Å². The SMILES string of the molecule is Cc1ccc(CNC(=O)c2cc(=O)c3ccccc3o2)c(C)c1. The third kappa shape index (κ3) is 3.16. The molecule has 0 saturated carbocycles. The molecular weight excluding hydrogens is 290 g/mol.